The Morgan fingerprint density at radius 2 is 1.88 bits per heavy atom. The molecule has 1 aromatic carbocycles. The zero-order valence-electron chi connectivity index (χ0n) is 10.6. The van der Waals surface area contributed by atoms with Crippen molar-refractivity contribution in [2.45, 2.75) is 27.7 Å². The summed E-state index contributed by atoms with van der Waals surface area (Å²) in [5.41, 5.74) is 6.10. The molecule has 17 heavy (non-hydrogen) atoms. The third kappa shape index (κ3) is 1.88. The highest BCUT2D eigenvalue weighted by molar-refractivity contribution is 5.76. The minimum absolute atomic E-state index is 0.677. The van der Waals surface area contributed by atoms with Gasteiger partial charge in [0.25, 0.3) is 0 Å². The molecule has 1 aromatic heterocycles. The van der Waals surface area contributed by atoms with Gasteiger partial charge in [-0.2, -0.15) is 5.10 Å². The van der Waals surface area contributed by atoms with Gasteiger partial charge in [0, 0.05) is 11.3 Å². The van der Waals surface area contributed by atoms with E-state index >= 15 is 0 Å². The zero-order chi connectivity index (χ0) is 12.6. The molecule has 1 heterocycles. The van der Waals surface area contributed by atoms with Gasteiger partial charge in [0.15, 0.2) is 0 Å². The van der Waals surface area contributed by atoms with Gasteiger partial charge in [-0.05, 0) is 44.9 Å². The summed E-state index contributed by atoms with van der Waals surface area (Å²) in [5, 5.41) is 4.52. The summed E-state index contributed by atoms with van der Waals surface area (Å²) in [6, 6.07) is 5.65. The lowest BCUT2D eigenvalue weighted by atomic mass is 10.1. The molecule has 88 valence electrons. The van der Waals surface area contributed by atoms with Crippen molar-refractivity contribution in [2.24, 2.45) is 0 Å². The molecule has 0 bridgehead atoms. The Morgan fingerprint density at radius 3 is 2.41 bits per heavy atom. The van der Waals surface area contributed by atoms with Gasteiger partial charge in [-0.3, -0.25) is 4.79 Å². The molecular weight excluding hydrogens is 212 g/mol. The van der Waals surface area contributed by atoms with Crippen molar-refractivity contribution < 1.29 is 4.79 Å². The van der Waals surface area contributed by atoms with Crippen molar-refractivity contribution in [2.75, 3.05) is 0 Å². The van der Waals surface area contributed by atoms with Crippen molar-refractivity contribution in [1.29, 1.82) is 0 Å². The van der Waals surface area contributed by atoms with Gasteiger partial charge in [0.2, 0.25) is 0 Å². The minimum Gasteiger partial charge on any atom is -0.298 e. The summed E-state index contributed by atoms with van der Waals surface area (Å²) in [7, 11) is 0. The molecule has 0 saturated carbocycles. The van der Waals surface area contributed by atoms with E-state index in [0.29, 0.717) is 5.56 Å². The van der Waals surface area contributed by atoms with Crippen molar-refractivity contribution >= 4 is 6.29 Å². The summed E-state index contributed by atoms with van der Waals surface area (Å²) in [6.07, 6.45) is 0.863. The molecule has 0 atom stereocenters. The van der Waals surface area contributed by atoms with E-state index in [4.69, 9.17) is 0 Å². The van der Waals surface area contributed by atoms with Crippen molar-refractivity contribution in [1.82, 2.24) is 9.78 Å². The number of nitrogens with zero attached hydrogens (tertiary/aromatic N) is 2. The molecule has 0 saturated heterocycles. The third-order valence-electron chi connectivity index (χ3n) is 3.25. The number of carbonyl (C=O) groups excluding carboxylic acids is 1. The summed E-state index contributed by atoms with van der Waals surface area (Å²) in [5.74, 6) is 0. The second-order valence-electron chi connectivity index (χ2n) is 4.37. The van der Waals surface area contributed by atoms with E-state index in [2.05, 4.69) is 12.0 Å². The Hall–Kier alpha value is -1.90. The SMILES string of the molecule is Cc1ccc(C=O)cc1-n1nc(C)c(C)c1C. The predicted molar refractivity (Wildman–Crippen MR) is 67.9 cm³/mol. The van der Waals surface area contributed by atoms with Crippen molar-refractivity contribution in [3.8, 4) is 5.69 Å². The van der Waals surface area contributed by atoms with Crippen LogP contribution < -0.4 is 0 Å². The normalized spacial score (nSPS) is 10.6. The molecule has 0 N–H and O–H groups in total. The maximum Gasteiger partial charge on any atom is 0.150 e. The molecule has 0 aliphatic carbocycles. The minimum atomic E-state index is 0.677. The van der Waals surface area contributed by atoms with Crippen LogP contribution >= 0.6 is 0 Å². The first-order valence-electron chi connectivity index (χ1n) is 5.63. The van der Waals surface area contributed by atoms with Crippen LogP contribution in [0.15, 0.2) is 18.2 Å². The lowest BCUT2D eigenvalue weighted by Crippen LogP contribution is -2.02. The number of carbonyl (C=O) groups is 1. The standard InChI is InChI=1S/C14H16N2O/c1-9-5-6-13(8-17)7-14(9)16-12(4)10(2)11(3)15-16/h5-8H,1-4H3. The molecule has 0 spiro atoms. The van der Waals surface area contributed by atoms with Crippen LogP contribution in [0.3, 0.4) is 0 Å². The average molecular weight is 228 g/mol. The van der Waals surface area contributed by atoms with Crippen LogP contribution in [-0.4, -0.2) is 16.1 Å². The Labute approximate surface area is 101 Å². The molecular formula is C14H16N2O. The number of rotatable bonds is 2. The van der Waals surface area contributed by atoms with E-state index in [9.17, 15) is 4.79 Å². The molecule has 0 amide bonds. The van der Waals surface area contributed by atoms with Crippen LogP contribution in [0, 0.1) is 27.7 Å². The first-order chi connectivity index (χ1) is 8.04. The lowest BCUT2D eigenvalue weighted by Gasteiger charge is -2.09. The topological polar surface area (TPSA) is 34.9 Å². The molecule has 0 radical (unpaired) electrons. The summed E-state index contributed by atoms with van der Waals surface area (Å²) in [4.78, 5) is 10.8. The second-order valence-corrected chi connectivity index (χ2v) is 4.37. The maximum absolute atomic E-state index is 10.8. The number of hydrogen-bond acceptors (Lipinski definition) is 2. The fourth-order valence-corrected chi connectivity index (χ4v) is 1.88. The van der Waals surface area contributed by atoms with E-state index in [1.165, 1.54) is 5.56 Å². The summed E-state index contributed by atoms with van der Waals surface area (Å²) >= 11 is 0. The molecule has 0 aliphatic heterocycles. The number of hydrogen-bond donors (Lipinski definition) is 0. The number of aldehydes is 1. The van der Waals surface area contributed by atoms with Gasteiger partial charge in [-0.15, -0.1) is 0 Å². The number of aryl methyl sites for hydroxylation is 2. The summed E-state index contributed by atoms with van der Waals surface area (Å²) < 4.78 is 1.91. The smallest absolute Gasteiger partial charge is 0.150 e. The van der Waals surface area contributed by atoms with E-state index in [1.807, 2.05) is 43.7 Å². The van der Waals surface area contributed by atoms with Gasteiger partial charge < -0.3 is 0 Å². The largest absolute Gasteiger partial charge is 0.298 e. The lowest BCUT2D eigenvalue weighted by molar-refractivity contribution is 0.112. The first kappa shape index (κ1) is 11.6. The second kappa shape index (κ2) is 4.17. The highest BCUT2D eigenvalue weighted by Crippen LogP contribution is 2.20. The molecule has 3 nitrogen and oxygen atoms in total. The number of benzene rings is 1. The van der Waals surface area contributed by atoms with E-state index < -0.39 is 0 Å². The monoisotopic (exact) mass is 228 g/mol. The third-order valence-corrected chi connectivity index (χ3v) is 3.25. The molecule has 0 aliphatic rings. The van der Waals surface area contributed by atoms with E-state index in [-0.39, 0.29) is 0 Å². The zero-order valence-corrected chi connectivity index (χ0v) is 10.6. The Balaban J connectivity index is 2.67. The average Bonchev–Trinajstić information content (AvgIpc) is 2.58. The van der Waals surface area contributed by atoms with Crippen LogP contribution in [0.4, 0.5) is 0 Å². The fraction of sp³-hybridized carbons (Fsp3) is 0.286. The van der Waals surface area contributed by atoms with Crippen LogP contribution in [-0.2, 0) is 0 Å². The summed E-state index contributed by atoms with van der Waals surface area (Å²) in [6.45, 7) is 8.13. The van der Waals surface area contributed by atoms with Crippen LogP contribution in [0.1, 0.15) is 32.9 Å². The Morgan fingerprint density at radius 1 is 1.18 bits per heavy atom. The van der Waals surface area contributed by atoms with Gasteiger partial charge in [0.05, 0.1) is 11.4 Å². The quantitative estimate of drug-likeness (QED) is 0.741. The van der Waals surface area contributed by atoms with Gasteiger partial charge in [-0.1, -0.05) is 12.1 Å². The van der Waals surface area contributed by atoms with Crippen LogP contribution in [0.2, 0.25) is 0 Å². The van der Waals surface area contributed by atoms with Gasteiger partial charge in [0.1, 0.15) is 6.29 Å². The highest BCUT2D eigenvalue weighted by Gasteiger charge is 2.11. The molecule has 2 aromatic rings. The van der Waals surface area contributed by atoms with Crippen LogP contribution in [0.5, 0.6) is 0 Å². The van der Waals surface area contributed by atoms with Crippen LogP contribution in [0.25, 0.3) is 5.69 Å². The fourth-order valence-electron chi connectivity index (χ4n) is 1.88. The maximum atomic E-state index is 10.8. The Kier molecular flexibility index (Phi) is 2.84. The molecule has 0 fully saturated rings. The van der Waals surface area contributed by atoms with Gasteiger partial charge in [-0.25, -0.2) is 4.68 Å². The van der Waals surface area contributed by atoms with Crippen molar-refractivity contribution in [3.63, 3.8) is 0 Å². The van der Waals surface area contributed by atoms with E-state index in [0.717, 1.165) is 28.9 Å². The Bertz CT molecular complexity index is 582. The predicted octanol–water partition coefficient (Wildman–Crippen LogP) is 2.92. The molecule has 3 heteroatoms. The highest BCUT2D eigenvalue weighted by atomic mass is 16.1. The van der Waals surface area contributed by atoms with E-state index in [1.54, 1.807) is 0 Å². The van der Waals surface area contributed by atoms with Gasteiger partial charge >= 0.3 is 0 Å². The molecule has 2 rings (SSSR count). The van der Waals surface area contributed by atoms with Crippen molar-refractivity contribution in [3.05, 3.63) is 46.3 Å². The first-order valence-corrected chi connectivity index (χ1v) is 5.63. The number of aromatic nitrogens is 2. The molecule has 0 unspecified atom stereocenters.